The van der Waals surface area contributed by atoms with Gasteiger partial charge >= 0.3 is 320 Å². The average molecular weight is 815 g/mol. The predicted molar refractivity (Wildman–Crippen MR) is 206 cm³/mol. The van der Waals surface area contributed by atoms with Gasteiger partial charge in [0, 0.05) is 0 Å². The summed E-state index contributed by atoms with van der Waals surface area (Å²) in [7, 11) is -8.92. The molecule has 0 radical (unpaired) electrons. The van der Waals surface area contributed by atoms with E-state index in [9.17, 15) is 16.8 Å². The standard InChI is InChI=1S/2C16H10F2NO2S.2C5H5.Ti/c2*17-13-6-8-16(15(18)10-13)19-22(20,21)14-7-5-11-3-1-2-4-12(11)9-14;2*1-2-4-5-3-1;/h2*1-9,19H;2*1-5H;. The summed E-state index contributed by atoms with van der Waals surface area (Å²) >= 11 is -5.43. The number of allylic oxidation sites excluding steroid dienone is 8. The van der Waals surface area contributed by atoms with Crippen molar-refractivity contribution in [2.45, 2.75) is 18.2 Å². The van der Waals surface area contributed by atoms with Gasteiger partial charge in [0.05, 0.1) is 0 Å². The van der Waals surface area contributed by atoms with E-state index in [0.29, 0.717) is 10.8 Å². The number of rotatable bonds is 10. The predicted octanol–water partition coefficient (Wildman–Crippen LogP) is 9.08. The van der Waals surface area contributed by atoms with Crippen molar-refractivity contribution in [3.8, 4) is 0 Å². The molecule has 8 rings (SSSR count). The van der Waals surface area contributed by atoms with Gasteiger partial charge in [0.15, 0.2) is 0 Å². The van der Waals surface area contributed by atoms with E-state index in [1.807, 2.05) is 0 Å². The molecule has 0 atom stereocenters. The van der Waals surface area contributed by atoms with Gasteiger partial charge in [-0.15, -0.1) is 0 Å². The van der Waals surface area contributed by atoms with Crippen LogP contribution in [0.25, 0.3) is 21.5 Å². The third-order valence-corrected chi connectivity index (χ3v) is 21.3. The molecule has 0 spiro atoms. The third kappa shape index (κ3) is 6.42. The molecule has 0 bridgehead atoms. The summed E-state index contributed by atoms with van der Waals surface area (Å²) in [5.41, 5.74) is -1.24. The second-order valence-electron chi connectivity index (χ2n) is 13.3. The molecule has 55 heavy (non-hydrogen) atoms. The van der Waals surface area contributed by atoms with Crippen LogP contribution in [0.3, 0.4) is 0 Å². The van der Waals surface area contributed by atoms with Gasteiger partial charge in [-0.1, -0.05) is 0 Å². The molecular formula is C42H30F4N2O4S2Ti. The molecule has 0 saturated carbocycles. The molecule has 276 valence electrons. The molecule has 0 saturated heterocycles. The molecule has 2 N–H and O–H groups in total. The first-order chi connectivity index (χ1) is 26.4. The summed E-state index contributed by atoms with van der Waals surface area (Å²) in [4.78, 5) is -0.368. The molecule has 0 aromatic heterocycles. The summed E-state index contributed by atoms with van der Waals surface area (Å²) in [6.45, 7) is 0. The van der Waals surface area contributed by atoms with E-state index in [2.05, 4.69) is 9.44 Å². The number of nitrogens with one attached hydrogen (secondary N) is 2. The quantitative estimate of drug-likeness (QED) is 0.107. The van der Waals surface area contributed by atoms with Crippen LogP contribution < -0.4 is 17.2 Å². The number of hydrogen-bond donors (Lipinski definition) is 2. The fourth-order valence-electron chi connectivity index (χ4n) is 7.58. The Morgan fingerprint density at radius 1 is 0.455 bits per heavy atom. The van der Waals surface area contributed by atoms with Gasteiger partial charge < -0.3 is 0 Å². The first-order valence-corrected chi connectivity index (χ1v) is 23.4. The van der Waals surface area contributed by atoms with Crippen molar-refractivity contribution in [1.82, 2.24) is 0 Å². The van der Waals surface area contributed by atoms with Gasteiger partial charge in [0.2, 0.25) is 0 Å². The number of halogens is 4. The number of anilines is 2. The maximum atomic E-state index is 17.3. The Morgan fingerprint density at radius 3 is 1.20 bits per heavy atom. The molecule has 0 amide bonds. The van der Waals surface area contributed by atoms with E-state index in [1.54, 1.807) is 109 Å². The van der Waals surface area contributed by atoms with Crippen LogP contribution in [0, 0.1) is 23.3 Å². The maximum absolute atomic E-state index is 17.3. The number of hydrogen-bond acceptors (Lipinski definition) is 4. The third-order valence-electron chi connectivity index (χ3n) is 10.1. The van der Waals surface area contributed by atoms with Gasteiger partial charge in [-0.3, -0.25) is 0 Å². The van der Waals surface area contributed by atoms with E-state index < -0.39 is 87.5 Å². The van der Waals surface area contributed by atoms with Crippen LogP contribution in [0.2, 0.25) is 8.45 Å². The molecular weight excluding hydrogens is 784 g/mol. The van der Waals surface area contributed by atoms with Crippen LogP contribution in [-0.4, -0.2) is 16.8 Å². The zero-order valence-corrected chi connectivity index (χ0v) is 31.8. The molecule has 6 aromatic rings. The normalized spacial score (nSPS) is 14.8. The van der Waals surface area contributed by atoms with Gasteiger partial charge in [-0.05, 0) is 0 Å². The van der Waals surface area contributed by atoms with Gasteiger partial charge in [0.25, 0.3) is 0 Å². The van der Waals surface area contributed by atoms with Crippen molar-refractivity contribution in [1.29, 1.82) is 0 Å². The molecule has 6 aromatic carbocycles. The monoisotopic (exact) mass is 814 g/mol. The van der Waals surface area contributed by atoms with E-state index in [4.69, 9.17) is 0 Å². The summed E-state index contributed by atoms with van der Waals surface area (Å²) in [5, 5.41) is 2.77. The Balaban J connectivity index is 1.30. The first kappa shape index (κ1) is 36.7. The summed E-state index contributed by atoms with van der Waals surface area (Å²) in [5.74, 6) is -4.91. The van der Waals surface area contributed by atoms with Crippen LogP contribution in [-0.2, 0) is 36.6 Å². The summed E-state index contributed by atoms with van der Waals surface area (Å²) in [6, 6.07) is 26.5. The molecule has 0 heterocycles. The number of fused-ring (bicyclic) bond motifs is 2. The Labute approximate surface area is 318 Å². The zero-order valence-electron chi connectivity index (χ0n) is 28.6. The van der Waals surface area contributed by atoms with Crippen LogP contribution in [0.4, 0.5) is 28.9 Å². The van der Waals surface area contributed by atoms with Crippen molar-refractivity contribution >= 4 is 60.7 Å². The van der Waals surface area contributed by atoms with Crippen molar-refractivity contribution < 1.29 is 51.0 Å². The summed E-state index contributed by atoms with van der Waals surface area (Å²) in [6.07, 6.45) is 12.9. The second kappa shape index (κ2) is 14.1. The minimum absolute atomic E-state index is 0.184. The molecule has 13 heteroatoms. The fraction of sp³-hybridized carbons (Fsp3) is 0.0476. The van der Waals surface area contributed by atoms with Crippen LogP contribution >= 0.6 is 0 Å². The fourth-order valence-corrected chi connectivity index (χ4v) is 18.6. The first-order valence-electron chi connectivity index (χ1n) is 17.1. The molecule has 0 fully saturated rings. The van der Waals surface area contributed by atoms with Crippen molar-refractivity contribution in [2.75, 3.05) is 9.44 Å². The van der Waals surface area contributed by atoms with Crippen molar-refractivity contribution in [3.63, 3.8) is 0 Å². The van der Waals surface area contributed by atoms with E-state index >= 15 is 17.6 Å². The Hall–Kier alpha value is -5.27. The molecule has 2 aliphatic carbocycles. The topological polar surface area (TPSA) is 92.3 Å². The minimum atomic E-state index is -5.43. The van der Waals surface area contributed by atoms with Crippen LogP contribution in [0.5, 0.6) is 0 Å². The van der Waals surface area contributed by atoms with Gasteiger partial charge in [-0.25, -0.2) is 0 Å². The van der Waals surface area contributed by atoms with Crippen molar-refractivity contribution in [3.05, 3.63) is 181 Å². The number of sulfonamides is 2. The molecule has 0 aliphatic heterocycles. The Morgan fingerprint density at radius 2 is 0.818 bits per heavy atom. The SMILES string of the molecule is O=S(=O)(Nc1ccc(F)[c]([Ti]([c]2c(F)ccc(NS(=O)(=O)c3ccc4ccccc4c3)c2F)([CH]2C=CC=C2)[CH]2C=CC=C2)c1F)c1ccc2ccccc2c1. The molecule has 0 unspecified atom stereocenters. The average Bonchev–Trinajstić information content (AvgIpc) is 3.93. The van der Waals surface area contributed by atoms with E-state index in [-0.39, 0.29) is 9.79 Å². The molecule has 2 aliphatic rings. The molecule has 6 nitrogen and oxygen atoms in total. The van der Waals surface area contributed by atoms with Crippen LogP contribution in [0.15, 0.2) is 168 Å². The van der Waals surface area contributed by atoms with Crippen LogP contribution in [0.1, 0.15) is 0 Å². The van der Waals surface area contributed by atoms with Gasteiger partial charge in [0.1, 0.15) is 0 Å². The zero-order chi connectivity index (χ0) is 38.5. The number of benzene rings is 6. The van der Waals surface area contributed by atoms with E-state index in [1.165, 1.54) is 24.3 Å². The van der Waals surface area contributed by atoms with Gasteiger partial charge in [-0.2, -0.15) is 0 Å². The Bertz CT molecular complexity index is 2670. The van der Waals surface area contributed by atoms with E-state index in [0.717, 1.165) is 35.0 Å². The van der Waals surface area contributed by atoms with Crippen molar-refractivity contribution in [2.24, 2.45) is 0 Å². The summed E-state index contributed by atoms with van der Waals surface area (Å²) < 4.78 is 124. The Kier molecular flexibility index (Phi) is 9.41. The second-order valence-corrected chi connectivity index (χ2v) is 23.0.